The summed E-state index contributed by atoms with van der Waals surface area (Å²) < 4.78 is 42.0. The highest BCUT2D eigenvalue weighted by Crippen LogP contribution is 2.14. The standard InChI is InChI=1S/C16H15F3N2O2/c17-16(18,19)12-23-11-15(22)20-14-8-4-5-9-21(14)10-13-6-2-1-3-7-13/h1-9H,10-12H2. The number of halogens is 3. The van der Waals surface area contributed by atoms with Gasteiger partial charge in [-0.1, -0.05) is 36.4 Å². The van der Waals surface area contributed by atoms with Crippen LogP contribution >= 0.6 is 0 Å². The van der Waals surface area contributed by atoms with E-state index >= 15 is 0 Å². The Balaban J connectivity index is 2.08. The number of amides is 1. The molecule has 0 saturated heterocycles. The lowest BCUT2D eigenvalue weighted by Gasteiger charge is -2.08. The van der Waals surface area contributed by atoms with Crippen molar-refractivity contribution in [1.29, 1.82) is 0 Å². The molecule has 23 heavy (non-hydrogen) atoms. The summed E-state index contributed by atoms with van der Waals surface area (Å²) in [6.45, 7) is -1.68. The number of rotatable bonds is 5. The first kappa shape index (κ1) is 17.0. The Morgan fingerprint density at radius 2 is 1.78 bits per heavy atom. The van der Waals surface area contributed by atoms with E-state index in [1.54, 1.807) is 29.0 Å². The maximum atomic E-state index is 12.0. The van der Waals surface area contributed by atoms with Crippen LogP contribution in [0.3, 0.4) is 0 Å². The van der Waals surface area contributed by atoms with Crippen molar-refractivity contribution in [2.75, 3.05) is 13.2 Å². The fourth-order valence-electron chi connectivity index (χ4n) is 1.90. The Hall–Kier alpha value is -2.41. The van der Waals surface area contributed by atoms with Gasteiger partial charge in [-0.05, 0) is 17.7 Å². The van der Waals surface area contributed by atoms with E-state index in [-0.39, 0.29) is 0 Å². The van der Waals surface area contributed by atoms with Crippen molar-refractivity contribution in [1.82, 2.24) is 4.57 Å². The molecular formula is C16H15F3N2O2. The molecule has 0 aliphatic heterocycles. The van der Waals surface area contributed by atoms with E-state index in [0.717, 1.165) is 5.56 Å². The van der Waals surface area contributed by atoms with Gasteiger partial charge in [0, 0.05) is 12.7 Å². The van der Waals surface area contributed by atoms with Crippen LogP contribution in [0.4, 0.5) is 13.2 Å². The van der Waals surface area contributed by atoms with Gasteiger partial charge >= 0.3 is 6.18 Å². The lowest BCUT2D eigenvalue weighted by Crippen LogP contribution is -2.24. The Morgan fingerprint density at radius 3 is 2.48 bits per heavy atom. The van der Waals surface area contributed by atoms with Crippen LogP contribution in [0.5, 0.6) is 0 Å². The first-order chi connectivity index (χ1) is 10.9. The van der Waals surface area contributed by atoms with Crippen molar-refractivity contribution in [3.05, 3.63) is 65.8 Å². The van der Waals surface area contributed by atoms with Gasteiger partial charge in [-0.3, -0.25) is 4.79 Å². The van der Waals surface area contributed by atoms with Gasteiger partial charge < -0.3 is 9.30 Å². The van der Waals surface area contributed by atoms with Crippen molar-refractivity contribution in [3.63, 3.8) is 0 Å². The molecule has 0 spiro atoms. The summed E-state index contributed by atoms with van der Waals surface area (Å²) in [7, 11) is 0. The number of hydrogen-bond donors (Lipinski definition) is 0. The molecule has 0 aliphatic carbocycles. The molecule has 2 rings (SSSR count). The second-order valence-corrected chi connectivity index (χ2v) is 4.79. The maximum absolute atomic E-state index is 12.0. The number of alkyl halides is 3. The van der Waals surface area contributed by atoms with E-state index in [9.17, 15) is 18.0 Å². The summed E-state index contributed by atoms with van der Waals surface area (Å²) in [5.41, 5.74) is 1.37. The Bertz CT molecular complexity index is 709. The summed E-state index contributed by atoms with van der Waals surface area (Å²) in [6, 6.07) is 14.6. The van der Waals surface area contributed by atoms with E-state index in [1.807, 2.05) is 30.3 Å². The molecule has 0 unspecified atom stereocenters. The van der Waals surface area contributed by atoms with E-state index in [2.05, 4.69) is 9.73 Å². The zero-order chi connectivity index (χ0) is 16.7. The number of benzene rings is 1. The zero-order valence-corrected chi connectivity index (χ0v) is 12.2. The third-order valence-electron chi connectivity index (χ3n) is 2.84. The smallest absolute Gasteiger partial charge is 0.362 e. The molecule has 0 atom stereocenters. The minimum absolute atomic E-state index is 0.358. The molecule has 4 nitrogen and oxygen atoms in total. The second kappa shape index (κ2) is 7.73. The number of carbonyl (C=O) groups is 1. The molecule has 1 heterocycles. The average Bonchev–Trinajstić information content (AvgIpc) is 2.49. The predicted molar refractivity (Wildman–Crippen MR) is 77.4 cm³/mol. The van der Waals surface area contributed by atoms with Gasteiger partial charge in [-0.25, -0.2) is 0 Å². The van der Waals surface area contributed by atoms with Crippen LogP contribution in [0.1, 0.15) is 5.56 Å². The molecular weight excluding hydrogens is 309 g/mol. The normalized spacial score (nSPS) is 12.4. The number of pyridine rings is 1. The van der Waals surface area contributed by atoms with Crippen LogP contribution in [0.15, 0.2) is 59.7 Å². The summed E-state index contributed by atoms with van der Waals surface area (Å²) in [4.78, 5) is 15.4. The molecule has 122 valence electrons. The third-order valence-corrected chi connectivity index (χ3v) is 2.84. The Kier molecular flexibility index (Phi) is 5.70. The number of nitrogens with zero attached hydrogens (tertiary/aromatic N) is 2. The lowest BCUT2D eigenvalue weighted by molar-refractivity contribution is -0.175. The highest BCUT2D eigenvalue weighted by atomic mass is 19.4. The van der Waals surface area contributed by atoms with Crippen molar-refractivity contribution in [3.8, 4) is 0 Å². The SMILES string of the molecule is O=C(COCC(F)(F)F)N=c1ccccn1Cc1ccccc1. The fraction of sp³-hybridized carbons (Fsp3) is 0.250. The largest absolute Gasteiger partial charge is 0.411 e. The number of ether oxygens (including phenoxy) is 1. The topological polar surface area (TPSA) is 43.6 Å². The molecule has 0 saturated carbocycles. The minimum Gasteiger partial charge on any atom is -0.362 e. The highest BCUT2D eigenvalue weighted by Gasteiger charge is 2.27. The number of carbonyl (C=O) groups excluding carboxylic acids is 1. The van der Waals surface area contributed by atoms with Crippen molar-refractivity contribution < 1.29 is 22.7 Å². The van der Waals surface area contributed by atoms with Crippen LogP contribution in [-0.2, 0) is 16.1 Å². The average molecular weight is 324 g/mol. The van der Waals surface area contributed by atoms with Crippen LogP contribution in [0.25, 0.3) is 0 Å². The molecule has 0 aliphatic rings. The van der Waals surface area contributed by atoms with Crippen LogP contribution in [-0.4, -0.2) is 29.9 Å². The van der Waals surface area contributed by atoms with E-state index in [0.29, 0.717) is 12.0 Å². The monoisotopic (exact) mass is 324 g/mol. The second-order valence-electron chi connectivity index (χ2n) is 4.79. The van der Waals surface area contributed by atoms with E-state index < -0.39 is 25.3 Å². The van der Waals surface area contributed by atoms with Crippen LogP contribution in [0, 0.1) is 0 Å². The minimum atomic E-state index is -4.46. The van der Waals surface area contributed by atoms with Gasteiger partial charge in [0.1, 0.15) is 18.7 Å². The molecule has 2 aromatic rings. The fourth-order valence-corrected chi connectivity index (χ4v) is 1.90. The molecule has 0 radical (unpaired) electrons. The number of hydrogen-bond acceptors (Lipinski definition) is 2. The van der Waals surface area contributed by atoms with Gasteiger partial charge in [-0.2, -0.15) is 18.2 Å². The highest BCUT2D eigenvalue weighted by molar-refractivity contribution is 5.78. The molecule has 0 N–H and O–H groups in total. The Labute approximate surface area is 130 Å². The predicted octanol–water partition coefficient (Wildman–Crippen LogP) is 2.54. The maximum Gasteiger partial charge on any atom is 0.411 e. The van der Waals surface area contributed by atoms with Crippen LogP contribution in [0.2, 0.25) is 0 Å². The quantitative estimate of drug-likeness (QED) is 0.848. The molecule has 1 aromatic carbocycles. The lowest BCUT2D eigenvalue weighted by atomic mass is 10.2. The first-order valence-corrected chi connectivity index (χ1v) is 6.85. The van der Waals surface area contributed by atoms with Crippen molar-refractivity contribution in [2.45, 2.75) is 12.7 Å². The van der Waals surface area contributed by atoms with Gasteiger partial charge in [0.15, 0.2) is 0 Å². The van der Waals surface area contributed by atoms with Gasteiger partial charge in [0.05, 0.1) is 0 Å². The number of aromatic nitrogens is 1. The Morgan fingerprint density at radius 1 is 1.09 bits per heavy atom. The molecule has 1 aromatic heterocycles. The molecule has 0 bridgehead atoms. The van der Waals surface area contributed by atoms with Gasteiger partial charge in [-0.15, -0.1) is 0 Å². The summed E-state index contributed by atoms with van der Waals surface area (Å²) in [6.07, 6.45) is -2.71. The van der Waals surface area contributed by atoms with Crippen molar-refractivity contribution >= 4 is 5.91 Å². The van der Waals surface area contributed by atoms with E-state index in [1.165, 1.54) is 0 Å². The summed E-state index contributed by atoms with van der Waals surface area (Å²) >= 11 is 0. The molecule has 7 heteroatoms. The van der Waals surface area contributed by atoms with Crippen molar-refractivity contribution in [2.24, 2.45) is 4.99 Å². The molecule has 1 amide bonds. The summed E-state index contributed by atoms with van der Waals surface area (Å²) in [5.74, 6) is -0.762. The molecule has 0 fully saturated rings. The van der Waals surface area contributed by atoms with Crippen LogP contribution < -0.4 is 5.49 Å². The first-order valence-electron chi connectivity index (χ1n) is 6.85. The van der Waals surface area contributed by atoms with E-state index in [4.69, 9.17) is 0 Å². The summed E-state index contributed by atoms with van der Waals surface area (Å²) in [5, 5.41) is 0. The zero-order valence-electron chi connectivity index (χ0n) is 12.2. The van der Waals surface area contributed by atoms with Gasteiger partial charge in [0.2, 0.25) is 0 Å². The van der Waals surface area contributed by atoms with Gasteiger partial charge in [0.25, 0.3) is 5.91 Å². The third kappa shape index (κ3) is 6.07.